The highest BCUT2D eigenvalue weighted by Gasteiger charge is 2.42. The molecular weight excluding hydrogens is 639 g/mol. The molecule has 1 unspecified atom stereocenters. The van der Waals surface area contributed by atoms with E-state index in [1.807, 2.05) is 11.8 Å². The van der Waals surface area contributed by atoms with E-state index in [0.717, 1.165) is 12.8 Å². The molecular formula is C28H31BrF3N5O4S. The monoisotopic (exact) mass is 669 g/mol. The summed E-state index contributed by atoms with van der Waals surface area (Å²) in [4.78, 5) is 24.9. The second-order valence-electron chi connectivity index (χ2n) is 10.7. The molecule has 2 aliphatic heterocycles. The predicted molar refractivity (Wildman–Crippen MR) is 154 cm³/mol. The van der Waals surface area contributed by atoms with Gasteiger partial charge in [-0.05, 0) is 64.9 Å². The van der Waals surface area contributed by atoms with Crippen LogP contribution in [0, 0.1) is 5.92 Å². The number of sulfonamides is 1. The third kappa shape index (κ3) is 6.65. The van der Waals surface area contributed by atoms with E-state index in [9.17, 15) is 26.4 Å². The summed E-state index contributed by atoms with van der Waals surface area (Å²) in [6.45, 7) is 4.62. The Hall–Kier alpha value is -2.97. The number of carbonyl (C=O) groups is 1. The van der Waals surface area contributed by atoms with Crippen LogP contribution in [0.5, 0.6) is 0 Å². The summed E-state index contributed by atoms with van der Waals surface area (Å²) in [5.41, 5.74) is -0.883. The van der Waals surface area contributed by atoms with Gasteiger partial charge in [-0.1, -0.05) is 25.1 Å². The molecule has 0 bridgehead atoms. The van der Waals surface area contributed by atoms with Crippen molar-refractivity contribution in [3.63, 3.8) is 0 Å². The van der Waals surface area contributed by atoms with E-state index in [4.69, 9.17) is 4.42 Å². The summed E-state index contributed by atoms with van der Waals surface area (Å²) < 4.78 is 75.1. The van der Waals surface area contributed by atoms with Crippen molar-refractivity contribution in [2.24, 2.45) is 5.92 Å². The van der Waals surface area contributed by atoms with E-state index in [1.165, 1.54) is 10.5 Å². The normalized spacial score (nSPS) is 19.1. The molecule has 3 aromatic rings. The maximum atomic E-state index is 13.8. The van der Waals surface area contributed by atoms with Crippen LogP contribution in [0.1, 0.15) is 48.0 Å². The zero-order valence-electron chi connectivity index (χ0n) is 23.0. The number of halogens is 4. The van der Waals surface area contributed by atoms with Crippen molar-refractivity contribution in [2.75, 3.05) is 49.1 Å². The van der Waals surface area contributed by atoms with Crippen LogP contribution in [0.25, 0.3) is 0 Å². The lowest BCUT2D eigenvalue weighted by Gasteiger charge is -2.29. The van der Waals surface area contributed by atoms with Crippen LogP contribution in [0.2, 0.25) is 0 Å². The fourth-order valence-electron chi connectivity index (χ4n) is 5.32. The van der Waals surface area contributed by atoms with Gasteiger partial charge in [-0.2, -0.15) is 22.5 Å². The Kier molecular flexibility index (Phi) is 8.95. The molecule has 2 fully saturated rings. The SMILES string of the molecule is CC1CCCN(c2nc(C(F)(F)F)c(C(=O)Cc3ccc(N4CCCN(S(=O)(=O)c5ccccc5Br)CC4)nc3)o2)C1. The molecule has 0 N–H and O–H groups in total. The Labute approximate surface area is 250 Å². The molecule has 1 aromatic carbocycles. The van der Waals surface area contributed by atoms with Crippen molar-refractivity contribution >= 4 is 43.6 Å². The number of benzene rings is 1. The van der Waals surface area contributed by atoms with Crippen LogP contribution in [0.3, 0.4) is 0 Å². The molecule has 5 rings (SSSR count). The molecule has 2 aromatic heterocycles. The fraction of sp³-hybridized carbons (Fsp3) is 0.464. The molecule has 2 saturated heterocycles. The standard InChI is InChI=1S/C28H31BrF3N5O4S/c1-19-6-4-11-36(18-19)27-34-26(28(30,31)32)25(41-27)22(38)16-20-9-10-24(33-17-20)35-12-5-13-37(15-14-35)42(39,40)23-8-3-2-7-21(23)29/h2-3,7-10,17,19H,4-6,11-16,18H2,1H3. The highest BCUT2D eigenvalue weighted by molar-refractivity contribution is 9.10. The van der Waals surface area contributed by atoms with Crippen molar-refractivity contribution in [3.8, 4) is 0 Å². The Morgan fingerprint density at radius 3 is 2.50 bits per heavy atom. The van der Waals surface area contributed by atoms with E-state index in [2.05, 4.69) is 25.9 Å². The molecule has 4 heterocycles. The number of piperidine rings is 1. The Morgan fingerprint density at radius 2 is 1.81 bits per heavy atom. The van der Waals surface area contributed by atoms with Gasteiger partial charge in [0.05, 0.1) is 4.90 Å². The van der Waals surface area contributed by atoms with Gasteiger partial charge in [-0.15, -0.1) is 0 Å². The highest BCUT2D eigenvalue weighted by atomic mass is 79.9. The van der Waals surface area contributed by atoms with Gasteiger partial charge in [0, 0.05) is 56.4 Å². The van der Waals surface area contributed by atoms with Gasteiger partial charge >= 0.3 is 6.18 Å². The summed E-state index contributed by atoms with van der Waals surface area (Å²) in [5, 5.41) is 0. The van der Waals surface area contributed by atoms with Crippen LogP contribution in [0.15, 0.2) is 56.4 Å². The fourth-order valence-corrected chi connectivity index (χ4v) is 7.75. The summed E-state index contributed by atoms with van der Waals surface area (Å²) in [5.74, 6) is -0.753. The lowest BCUT2D eigenvalue weighted by molar-refractivity contribution is -0.141. The molecule has 0 aliphatic carbocycles. The quantitative estimate of drug-likeness (QED) is 0.308. The highest BCUT2D eigenvalue weighted by Crippen LogP contribution is 2.36. The molecule has 1 atom stereocenters. The number of carbonyl (C=O) groups excluding carboxylic acids is 1. The average Bonchev–Trinajstić information content (AvgIpc) is 3.26. The molecule has 0 saturated carbocycles. The average molecular weight is 671 g/mol. The van der Waals surface area contributed by atoms with Gasteiger partial charge < -0.3 is 14.2 Å². The first kappa shape index (κ1) is 30.5. The first-order chi connectivity index (χ1) is 19.9. The van der Waals surface area contributed by atoms with Crippen LogP contribution in [-0.2, 0) is 22.6 Å². The van der Waals surface area contributed by atoms with Gasteiger partial charge in [-0.3, -0.25) is 4.79 Å². The number of Topliss-reactive ketones (excluding diaryl/α,β-unsaturated/α-hetero) is 1. The molecule has 9 nitrogen and oxygen atoms in total. The Bertz CT molecular complexity index is 1530. The van der Waals surface area contributed by atoms with E-state index in [1.54, 1.807) is 41.3 Å². The maximum absolute atomic E-state index is 13.8. The van der Waals surface area contributed by atoms with E-state index in [0.29, 0.717) is 55.0 Å². The van der Waals surface area contributed by atoms with Crippen LogP contribution in [-0.4, -0.2) is 67.7 Å². The van der Waals surface area contributed by atoms with Gasteiger partial charge in [0.2, 0.25) is 21.6 Å². The van der Waals surface area contributed by atoms with E-state index < -0.39 is 33.4 Å². The second kappa shape index (κ2) is 12.3. The summed E-state index contributed by atoms with van der Waals surface area (Å²) >= 11 is 3.32. The van der Waals surface area contributed by atoms with Gasteiger partial charge in [-0.25, -0.2) is 13.4 Å². The lowest BCUT2D eigenvalue weighted by atomic mass is 10.0. The third-order valence-electron chi connectivity index (χ3n) is 7.47. The summed E-state index contributed by atoms with van der Waals surface area (Å²) in [6, 6.07) is 9.83. The van der Waals surface area contributed by atoms with Crippen molar-refractivity contribution < 1.29 is 30.8 Å². The van der Waals surface area contributed by atoms with Crippen LogP contribution in [0.4, 0.5) is 25.0 Å². The summed E-state index contributed by atoms with van der Waals surface area (Å²) in [7, 11) is -3.69. The summed E-state index contributed by atoms with van der Waals surface area (Å²) in [6.07, 6.45) is -1.36. The number of alkyl halides is 3. The Balaban J connectivity index is 1.26. The smallest absolute Gasteiger partial charge is 0.420 e. The van der Waals surface area contributed by atoms with E-state index in [-0.39, 0.29) is 29.8 Å². The minimum atomic E-state index is -4.83. The topological polar surface area (TPSA) is 99.9 Å². The molecule has 0 amide bonds. The van der Waals surface area contributed by atoms with Crippen LogP contribution >= 0.6 is 15.9 Å². The van der Waals surface area contributed by atoms with Crippen molar-refractivity contribution in [2.45, 2.75) is 43.7 Å². The maximum Gasteiger partial charge on any atom is 0.437 e. The first-order valence-corrected chi connectivity index (χ1v) is 16.0. The molecule has 14 heteroatoms. The molecule has 42 heavy (non-hydrogen) atoms. The number of oxazole rings is 1. The van der Waals surface area contributed by atoms with Gasteiger partial charge in [0.1, 0.15) is 5.82 Å². The molecule has 226 valence electrons. The van der Waals surface area contributed by atoms with Crippen molar-refractivity contribution in [1.82, 2.24) is 14.3 Å². The lowest BCUT2D eigenvalue weighted by Crippen LogP contribution is -2.35. The van der Waals surface area contributed by atoms with Crippen molar-refractivity contribution in [1.29, 1.82) is 0 Å². The van der Waals surface area contributed by atoms with Crippen molar-refractivity contribution in [3.05, 3.63) is 64.1 Å². The zero-order chi connectivity index (χ0) is 30.1. The number of hydrogen-bond donors (Lipinski definition) is 0. The first-order valence-electron chi connectivity index (χ1n) is 13.7. The molecule has 0 spiro atoms. The zero-order valence-corrected chi connectivity index (χ0v) is 25.4. The largest absolute Gasteiger partial charge is 0.437 e. The number of rotatable bonds is 7. The minimum absolute atomic E-state index is 0.178. The molecule has 2 aliphatic rings. The predicted octanol–water partition coefficient (Wildman–Crippen LogP) is 5.41. The second-order valence-corrected chi connectivity index (χ2v) is 13.4. The number of ketones is 1. The number of hydrogen-bond acceptors (Lipinski definition) is 8. The number of anilines is 2. The van der Waals surface area contributed by atoms with Crippen LogP contribution < -0.4 is 9.80 Å². The number of nitrogens with zero attached hydrogens (tertiary/aromatic N) is 5. The Morgan fingerprint density at radius 1 is 1.05 bits per heavy atom. The third-order valence-corrected chi connectivity index (χ3v) is 10.4. The number of aromatic nitrogens is 2. The molecule has 0 radical (unpaired) electrons. The number of pyridine rings is 1. The minimum Gasteiger partial charge on any atom is -0.420 e. The van der Waals surface area contributed by atoms with E-state index >= 15 is 0 Å². The van der Waals surface area contributed by atoms with Gasteiger partial charge in [0.15, 0.2) is 5.69 Å². The van der Waals surface area contributed by atoms with Gasteiger partial charge in [0.25, 0.3) is 6.01 Å².